The number of rotatable bonds is 5. The molecule has 1 fully saturated rings. The molecule has 0 aliphatic carbocycles. The van der Waals surface area contributed by atoms with Crippen LogP contribution in [0, 0.1) is 5.82 Å². The molecule has 0 amide bonds. The van der Waals surface area contributed by atoms with E-state index in [0.717, 1.165) is 12.2 Å². The van der Waals surface area contributed by atoms with Gasteiger partial charge in [-0.15, -0.1) is 0 Å². The first-order valence-electron chi connectivity index (χ1n) is 6.78. The van der Waals surface area contributed by atoms with Crippen LogP contribution >= 0.6 is 11.8 Å². The number of hydrogen-bond acceptors (Lipinski definition) is 4. The van der Waals surface area contributed by atoms with Gasteiger partial charge in [-0.1, -0.05) is 6.42 Å². The predicted molar refractivity (Wildman–Crippen MR) is 80.6 cm³/mol. The minimum atomic E-state index is -0.406. The third kappa shape index (κ3) is 3.93. The summed E-state index contributed by atoms with van der Waals surface area (Å²) >= 11 is 2.00. The summed E-state index contributed by atoms with van der Waals surface area (Å²) in [5.74, 6) is 1.09. The molecule has 0 aromatic heterocycles. The Bertz CT molecular complexity index is 422. The molecule has 2 rings (SSSR count). The van der Waals surface area contributed by atoms with Crippen LogP contribution in [0.4, 0.5) is 15.8 Å². The maximum Gasteiger partial charge on any atom is 0.167 e. The highest BCUT2D eigenvalue weighted by Gasteiger charge is 2.15. The second-order valence-electron chi connectivity index (χ2n) is 4.67. The molecule has 1 aliphatic rings. The Hall–Kier alpha value is -1.10. The monoisotopic (exact) mass is 284 g/mol. The van der Waals surface area contributed by atoms with Crippen LogP contribution in [0.1, 0.15) is 26.2 Å². The molecule has 0 spiro atoms. The Morgan fingerprint density at radius 3 is 3.00 bits per heavy atom. The topological polar surface area (TPSA) is 47.3 Å². The summed E-state index contributed by atoms with van der Waals surface area (Å²) in [4.78, 5) is 0. The fourth-order valence-electron chi connectivity index (χ4n) is 2.18. The van der Waals surface area contributed by atoms with Crippen molar-refractivity contribution in [1.29, 1.82) is 0 Å². The molecule has 3 N–H and O–H groups in total. The van der Waals surface area contributed by atoms with Crippen LogP contribution in [0.25, 0.3) is 0 Å². The first kappa shape index (κ1) is 14.3. The van der Waals surface area contributed by atoms with Crippen molar-refractivity contribution in [1.82, 2.24) is 0 Å². The van der Waals surface area contributed by atoms with E-state index < -0.39 is 5.82 Å². The van der Waals surface area contributed by atoms with Crippen molar-refractivity contribution in [3.8, 4) is 5.75 Å². The smallest absolute Gasteiger partial charge is 0.167 e. The van der Waals surface area contributed by atoms with Crippen LogP contribution in [-0.4, -0.2) is 24.2 Å². The van der Waals surface area contributed by atoms with E-state index in [9.17, 15) is 4.39 Å². The number of nitrogens with two attached hydrogens (primary N) is 1. The Morgan fingerprint density at radius 1 is 1.47 bits per heavy atom. The molecule has 1 heterocycles. The van der Waals surface area contributed by atoms with Crippen LogP contribution < -0.4 is 15.8 Å². The first-order valence-corrected chi connectivity index (χ1v) is 7.83. The fourth-order valence-corrected chi connectivity index (χ4v) is 3.42. The Labute approximate surface area is 118 Å². The third-order valence-electron chi connectivity index (χ3n) is 3.20. The fraction of sp³-hybridized carbons (Fsp3) is 0.571. The van der Waals surface area contributed by atoms with Crippen molar-refractivity contribution in [2.75, 3.05) is 30.0 Å². The number of thioether (sulfide) groups is 1. The minimum Gasteiger partial charge on any atom is -0.491 e. The zero-order chi connectivity index (χ0) is 13.7. The van der Waals surface area contributed by atoms with Gasteiger partial charge in [0.15, 0.2) is 11.6 Å². The summed E-state index contributed by atoms with van der Waals surface area (Å²) in [6.45, 7) is 3.15. The number of anilines is 2. The van der Waals surface area contributed by atoms with Crippen molar-refractivity contribution in [3.05, 3.63) is 17.9 Å². The molecular weight excluding hydrogens is 263 g/mol. The van der Waals surface area contributed by atoms with Crippen LogP contribution in [0.5, 0.6) is 5.75 Å². The van der Waals surface area contributed by atoms with Gasteiger partial charge in [0.05, 0.1) is 18.0 Å². The van der Waals surface area contributed by atoms with Gasteiger partial charge >= 0.3 is 0 Å². The molecular formula is C14H21FN2OS. The van der Waals surface area contributed by atoms with Gasteiger partial charge in [0.2, 0.25) is 0 Å². The van der Waals surface area contributed by atoms with Crippen molar-refractivity contribution in [3.63, 3.8) is 0 Å². The van der Waals surface area contributed by atoms with Crippen molar-refractivity contribution < 1.29 is 9.13 Å². The van der Waals surface area contributed by atoms with Gasteiger partial charge in [0, 0.05) is 23.9 Å². The average molecular weight is 284 g/mol. The van der Waals surface area contributed by atoms with E-state index in [4.69, 9.17) is 10.5 Å². The molecule has 1 aromatic rings. The van der Waals surface area contributed by atoms with Gasteiger partial charge in [-0.2, -0.15) is 11.8 Å². The Balaban J connectivity index is 2.00. The summed E-state index contributed by atoms with van der Waals surface area (Å²) in [5, 5.41) is 3.94. The van der Waals surface area contributed by atoms with Gasteiger partial charge < -0.3 is 15.8 Å². The molecule has 0 radical (unpaired) electrons. The van der Waals surface area contributed by atoms with Crippen LogP contribution in [0.15, 0.2) is 12.1 Å². The number of hydrogen-bond donors (Lipinski definition) is 2. The summed E-state index contributed by atoms with van der Waals surface area (Å²) in [6, 6.07) is 2.98. The molecule has 1 atom stereocenters. The molecule has 0 bridgehead atoms. The molecule has 3 nitrogen and oxygen atoms in total. The van der Waals surface area contributed by atoms with Gasteiger partial charge in [-0.05, 0) is 25.5 Å². The van der Waals surface area contributed by atoms with Gasteiger partial charge in [-0.25, -0.2) is 4.39 Å². The second-order valence-corrected chi connectivity index (χ2v) is 6.08. The molecule has 0 saturated carbocycles. The molecule has 106 valence electrons. The third-order valence-corrected chi connectivity index (χ3v) is 4.60. The second kappa shape index (κ2) is 6.89. The highest BCUT2D eigenvalue weighted by Crippen LogP contribution is 2.30. The Kier molecular flexibility index (Phi) is 5.19. The van der Waals surface area contributed by atoms with Crippen LogP contribution in [0.2, 0.25) is 0 Å². The van der Waals surface area contributed by atoms with Gasteiger partial charge in [0.25, 0.3) is 0 Å². The zero-order valence-corrected chi connectivity index (χ0v) is 12.1. The van der Waals surface area contributed by atoms with E-state index in [0.29, 0.717) is 17.5 Å². The maximum atomic E-state index is 13.6. The van der Waals surface area contributed by atoms with E-state index in [2.05, 4.69) is 5.32 Å². The first-order chi connectivity index (χ1) is 9.20. The lowest BCUT2D eigenvalue weighted by atomic mass is 10.2. The normalized spacial score (nSPS) is 19.2. The van der Waals surface area contributed by atoms with Gasteiger partial charge in [0.1, 0.15) is 0 Å². The quantitative estimate of drug-likeness (QED) is 0.812. The number of ether oxygens (including phenoxy) is 1. The van der Waals surface area contributed by atoms with E-state index in [1.807, 2.05) is 18.7 Å². The predicted octanol–water partition coefficient (Wildman–Crippen LogP) is 3.50. The highest BCUT2D eigenvalue weighted by molar-refractivity contribution is 7.99. The Morgan fingerprint density at radius 2 is 2.32 bits per heavy atom. The van der Waals surface area contributed by atoms with Gasteiger partial charge in [-0.3, -0.25) is 0 Å². The van der Waals surface area contributed by atoms with E-state index >= 15 is 0 Å². The highest BCUT2D eigenvalue weighted by atomic mass is 32.2. The average Bonchev–Trinajstić information content (AvgIpc) is 2.42. The number of benzene rings is 1. The SMILES string of the molecule is CCOc1cc(NCC2CCCCS2)c(N)cc1F. The molecule has 1 aromatic carbocycles. The summed E-state index contributed by atoms with van der Waals surface area (Å²) in [7, 11) is 0. The molecule has 5 heteroatoms. The molecule has 1 saturated heterocycles. The minimum absolute atomic E-state index is 0.260. The van der Waals surface area contributed by atoms with Crippen LogP contribution in [0.3, 0.4) is 0 Å². The van der Waals surface area contributed by atoms with E-state index in [1.54, 1.807) is 6.07 Å². The standard InChI is InChI=1S/C14H21FN2OS/c1-2-18-14-8-13(12(16)7-11(14)15)17-9-10-5-3-4-6-19-10/h7-8,10,17H,2-6,9,16H2,1H3. The summed E-state index contributed by atoms with van der Waals surface area (Å²) in [6.07, 6.45) is 3.84. The molecule has 1 aliphatic heterocycles. The summed E-state index contributed by atoms with van der Waals surface area (Å²) < 4.78 is 18.8. The lowest BCUT2D eigenvalue weighted by Crippen LogP contribution is -2.20. The zero-order valence-electron chi connectivity index (χ0n) is 11.2. The summed E-state index contributed by atoms with van der Waals surface area (Å²) in [5.41, 5.74) is 7.03. The molecule has 19 heavy (non-hydrogen) atoms. The lowest BCUT2D eigenvalue weighted by Gasteiger charge is -2.22. The largest absolute Gasteiger partial charge is 0.491 e. The van der Waals surface area contributed by atoms with Crippen LogP contribution in [-0.2, 0) is 0 Å². The number of halogens is 1. The maximum absolute atomic E-state index is 13.6. The van der Waals surface area contributed by atoms with Crippen molar-refractivity contribution >= 4 is 23.1 Å². The van der Waals surface area contributed by atoms with Crippen molar-refractivity contribution in [2.45, 2.75) is 31.4 Å². The molecule has 1 unspecified atom stereocenters. The van der Waals surface area contributed by atoms with E-state index in [-0.39, 0.29) is 5.75 Å². The van der Waals surface area contributed by atoms with Crippen molar-refractivity contribution in [2.24, 2.45) is 0 Å². The number of nitrogen functional groups attached to an aromatic ring is 1. The lowest BCUT2D eigenvalue weighted by molar-refractivity contribution is 0.322. The van der Waals surface area contributed by atoms with E-state index in [1.165, 1.54) is 31.1 Å². The number of nitrogens with one attached hydrogen (secondary N) is 1.